The van der Waals surface area contributed by atoms with Crippen molar-refractivity contribution >= 4 is 0 Å². The summed E-state index contributed by atoms with van der Waals surface area (Å²) in [6.07, 6.45) is 4.20. The van der Waals surface area contributed by atoms with Crippen molar-refractivity contribution in [3.8, 4) is 0 Å². The van der Waals surface area contributed by atoms with Crippen LogP contribution in [0, 0.1) is 6.92 Å². The minimum Gasteiger partial charge on any atom is -0.350 e. The van der Waals surface area contributed by atoms with Gasteiger partial charge in [0.2, 0.25) is 0 Å². The summed E-state index contributed by atoms with van der Waals surface area (Å²) in [5.74, 6) is 0. The first-order valence-corrected chi connectivity index (χ1v) is 5.62. The smallest absolute Gasteiger partial charge is 0.0470 e. The normalized spacial score (nSPS) is 12.7. The molecule has 0 spiro atoms. The highest BCUT2D eigenvalue weighted by Gasteiger charge is 2.01. The van der Waals surface area contributed by atoms with Gasteiger partial charge in [-0.2, -0.15) is 0 Å². The summed E-state index contributed by atoms with van der Waals surface area (Å²) in [5, 5.41) is 0. The molecule has 0 fully saturated rings. The molecule has 2 heteroatoms. The number of hydrogen-bond acceptors (Lipinski definition) is 1. The number of aromatic nitrogens is 1. The molecule has 0 bridgehead atoms. The minimum absolute atomic E-state index is 0.110. The van der Waals surface area contributed by atoms with E-state index >= 15 is 0 Å². The molecule has 1 heterocycles. The van der Waals surface area contributed by atoms with Crippen LogP contribution in [0.3, 0.4) is 0 Å². The first-order chi connectivity index (χ1) is 7.65. The molecule has 16 heavy (non-hydrogen) atoms. The number of rotatable bonds is 3. The van der Waals surface area contributed by atoms with Crippen LogP contribution in [0.2, 0.25) is 0 Å². The molecule has 0 saturated carbocycles. The average molecular weight is 214 g/mol. The van der Waals surface area contributed by atoms with Gasteiger partial charge in [-0.3, -0.25) is 0 Å². The van der Waals surface area contributed by atoms with Crippen molar-refractivity contribution in [3.05, 3.63) is 59.4 Å². The van der Waals surface area contributed by atoms with Crippen molar-refractivity contribution in [2.75, 3.05) is 0 Å². The Kier molecular flexibility index (Phi) is 3.11. The van der Waals surface area contributed by atoms with E-state index < -0.39 is 0 Å². The predicted octanol–water partition coefficient (Wildman–Crippen LogP) is 2.86. The highest BCUT2D eigenvalue weighted by molar-refractivity contribution is 5.23. The molecular formula is C14H18N2. The lowest BCUT2D eigenvalue weighted by atomic mass is 10.1. The van der Waals surface area contributed by atoms with Crippen LogP contribution in [0.25, 0.3) is 0 Å². The molecule has 2 nitrogen and oxygen atoms in total. The molecule has 84 valence electrons. The molecule has 2 N–H and O–H groups in total. The SMILES string of the molecule is Cc1cccc(Cn2ccc(C(C)N)c2)c1. The van der Waals surface area contributed by atoms with Gasteiger partial charge in [0.1, 0.15) is 0 Å². The van der Waals surface area contributed by atoms with Gasteiger partial charge in [-0.15, -0.1) is 0 Å². The summed E-state index contributed by atoms with van der Waals surface area (Å²) >= 11 is 0. The molecule has 0 amide bonds. The summed E-state index contributed by atoms with van der Waals surface area (Å²) in [7, 11) is 0. The molecule has 2 rings (SSSR count). The van der Waals surface area contributed by atoms with Gasteiger partial charge in [0, 0.05) is 25.0 Å². The molecule has 0 saturated heterocycles. The van der Waals surface area contributed by atoms with Crippen LogP contribution in [0.1, 0.15) is 29.7 Å². The van der Waals surface area contributed by atoms with Crippen molar-refractivity contribution < 1.29 is 0 Å². The molecule has 0 aliphatic carbocycles. The van der Waals surface area contributed by atoms with E-state index in [1.54, 1.807) is 0 Å². The van der Waals surface area contributed by atoms with Crippen molar-refractivity contribution in [1.82, 2.24) is 4.57 Å². The lowest BCUT2D eigenvalue weighted by Gasteiger charge is -2.05. The van der Waals surface area contributed by atoms with Gasteiger partial charge < -0.3 is 10.3 Å². The minimum atomic E-state index is 0.110. The van der Waals surface area contributed by atoms with Gasteiger partial charge in [0.25, 0.3) is 0 Å². The fourth-order valence-corrected chi connectivity index (χ4v) is 1.85. The van der Waals surface area contributed by atoms with Crippen LogP contribution < -0.4 is 5.73 Å². The summed E-state index contributed by atoms with van der Waals surface area (Å²) in [5.41, 5.74) is 9.65. The van der Waals surface area contributed by atoms with Crippen molar-refractivity contribution in [2.45, 2.75) is 26.4 Å². The standard InChI is InChI=1S/C14H18N2/c1-11-4-3-5-13(8-11)9-16-7-6-14(10-16)12(2)15/h3-8,10,12H,9,15H2,1-2H3. The summed E-state index contributed by atoms with van der Waals surface area (Å²) in [6, 6.07) is 10.8. The maximum Gasteiger partial charge on any atom is 0.0470 e. The van der Waals surface area contributed by atoms with Gasteiger partial charge in [-0.05, 0) is 31.0 Å². The number of nitrogens with zero attached hydrogens (tertiary/aromatic N) is 1. The lowest BCUT2D eigenvalue weighted by Crippen LogP contribution is -2.04. The Balaban J connectivity index is 2.14. The zero-order valence-electron chi connectivity index (χ0n) is 9.85. The summed E-state index contributed by atoms with van der Waals surface area (Å²) < 4.78 is 2.17. The number of nitrogens with two attached hydrogens (primary N) is 1. The quantitative estimate of drug-likeness (QED) is 0.836. The van der Waals surface area contributed by atoms with Crippen LogP contribution in [0.15, 0.2) is 42.7 Å². The molecule has 0 aliphatic rings. The van der Waals surface area contributed by atoms with Gasteiger partial charge in [0.05, 0.1) is 0 Å². The van der Waals surface area contributed by atoms with Crippen molar-refractivity contribution in [2.24, 2.45) is 5.73 Å². The zero-order valence-corrected chi connectivity index (χ0v) is 9.85. The van der Waals surface area contributed by atoms with Crippen LogP contribution >= 0.6 is 0 Å². The van der Waals surface area contributed by atoms with Gasteiger partial charge in [-0.25, -0.2) is 0 Å². The molecule has 1 aromatic carbocycles. The fourth-order valence-electron chi connectivity index (χ4n) is 1.85. The van der Waals surface area contributed by atoms with Crippen LogP contribution in [-0.2, 0) is 6.54 Å². The average Bonchev–Trinajstić information content (AvgIpc) is 2.66. The second kappa shape index (κ2) is 4.54. The molecule has 0 aliphatic heterocycles. The van der Waals surface area contributed by atoms with Crippen LogP contribution in [0.5, 0.6) is 0 Å². The van der Waals surface area contributed by atoms with E-state index in [-0.39, 0.29) is 6.04 Å². The van der Waals surface area contributed by atoms with Gasteiger partial charge in [-0.1, -0.05) is 29.8 Å². The topological polar surface area (TPSA) is 30.9 Å². The highest BCUT2D eigenvalue weighted by atomic mass is 14.9. The van der Waals surface area contributed by atoms with Crippen molar-refractivity contribution in [1.29, 1.82) is 0 Å². The van der Waals surface area contributed by atoms with E-state index in [0.29, 0.717) is 0 Å². The maximum absolute atomic E-state index is 5.83. The van der Waals surface area contributed by atoms with E-state index in [4.69, 9.17) is 5.73 Å². The monoisotopic (exact) mass is 214 g/mol. The summed E-state index contributed by atoms with van der Waals surface area (Å²) in [4.78, 5) is 0. The zero-order chi connectivity index (χ0) is 11.5. The van der Waals surface area contributed by atoms with E-state index in [1.165, 1.54) is 16.7 Å². The Labute approximate surface area is 96.7 Å². The first-order valence-electron chi connectivity index (χ1n) is 5.62. The van der Waals surface area contributed by atoms with Crippen molar-refractivity contribution in [3.63, 3.8) is 0 Å². The number of aryl methyl sites for hydroxylation is 1. The van der Waals surface area contributed by atoms with E-state index in [2.05, 4.69) is 54.2 Å². The largest absolute Gasteiger partial charge is 0.350 e. The van der Waals surface area contributed by atoms with E-state index in [9.17, 15) is 0 Å². The summed E-state index contributed by atoms with van der Waals surface area (Å²) in [6.45, 7) is 5.04. The van der Waals surface area contributed by atoms with Gasteiger partial charge >= 0.3 is 0 Å². The van der Waals surface area contributed by atoms with Gasteiger partial charge in [0.15, 0.2) is 0 Å². The van der Waals surface area contributed by atoms with E-state index in [0.717, 1.165) is 6.54 Å². The molecule has 1 unspecified atom stereocenters. The number of hydrogen-bond donors (Lipinski definition) is 1. The third-order valence-electron chi connectivity index (χ3n) is 2.75. The number of benzene rings is 1. The molecule has 2 aromatic rings. The molecule has 1 aromatic heterocycles. The Morgan fingerprint density at radius 3 is 2.75 bits per heavy atom. The molecular weight excluding hydrogens is 196 g/mol. The van der Waals surface area contributed by atoms with Crippen LogP contribution in [-0.4, -0.2) is 4.57 Å². The Morgan fingerprint density at radius 2 is 2.12 bits per heavy atom. The Bertz CT molecular complexity index is 469. The Morgan fingerprint density at radius 1 is 1.31 bits per heavy atom. The third-order valence-corrected chi connectivity index (χ3v) is 2.75. The first kappa shape index (κ1) is 11.0. The molecule has 1 atom stereocenters. The second-order valence-electron chi connectivity index (χ2n) is 4.39. The third kappa shape index (κ3) is 2.52. The lowest BCUT2D eigenvalue weighted by molar-refractivity contribution is 0.777. The molecule has 0 radical (unpaired) electrons. The maximum atomic E-state index is 5.83. The van der Waals surface area contributed by atoms with E-state index in [1.807, 2.05) is 6.92 Å². The fraction of sp³-hybridized carbons (Fsp3) is 0.286. The highest BCUT2D eigenvalue weighted by Crippen LogP contribution is 2.12. The Hall–Kier alpha value is -1.54. The predicted molar refractivity (Wildman–Crippen MR) is 67.3 cm³/mol. The second-order valence-corrected chi connectivity index (χ2v) is 4.39. The van der Waals surface area contributed by atoms with Crippen LogP contribution in [0.4, 0.5) is 0 Å².